The van der Waals surface area contributed by atoms with Gasteiger partial charge < -0.3 is 4.90 Å². The molecule has 1 aliphatic heterocycles. The van der Waals surface area contributed by atoms with Crippen molar-refractivity contribution in [2.45, 2.75) is 44.6 Å². The lowest BCUT2D eigenvalue weighted by Gasteiger charge is -2.34. The van der Waals surface area contributed by atoms with Gasteiger partial charge in [0.2, 0.25) is 15.9 Å². The number of carbonyl (C=O) groups excluding carboxylic acids is 1. The SMILES string of the molecule is Cc1sc2ncn(CC(=O)N3CCN(S(=O)(=O)c4ccc5c(c4)CCC5)CC3)c(=O)c2c1C. The molecule has 0 N–H and O–H groups in total. The minimum absolute atomic E-state index is 0.103. The maximum Gasteiger partial charge on any atom is 0.262 e. The molecule has 1 saturated heterocycles. The third-order valence-corrected chi connectivity index (χ3v) is 9.77. The van der Waals surface area contributed by atoms with Crippen molar-refractivity contribution in [2.24, 2.45) is 0 Å². The summed E-state index contributed by atoms with van der Waals surface area (Å²) >= 11 is 1.47. The fourth-order valence-electron chi connectivity index (χ4n) is 4.66. The van der Waals surface area contributed by atoms with Crippen LogP contribution in [-0.2, 0) is 34.2 Å². The third-order valence-electron chi connectivity index (χ3n) is 6.76. The number of sulfonamides is 1. The highest BCUT2D eigenvalue weighted by atomic mass is 32.2. The van der Waals surface area contributed by atoms with Gasteiger partial charge in [-0.15, -0.1) is 11.3 Å². The van der Waals surface area contributed by atoms with E-state index in [0.717, 1.165) is 35.3 Å². The number of nitrogens with zero attached hydrogens (tertiary/aromatic N) is 4. The first kappa shape index (κ1) is 22.2. The van der Waals surface area contributed by atoms with Gasteiger partial charge in [-0.2, -0.15) is 4.31 Å². The molecular formula is C23H26N4O4S2. The fourth-order valence-corrected chi connectivity index (χ4v) is 7.12. The Hall–Kier alpha value is -2.56. The van der Waals surface area contributed by atoms with Crippen LogP contribution in [0.2, 0.25) is 0 Å². The van der Waals surface area contributed by atoms with E-state index >= 15 is 0 Å². The summed E-state index contributed by atoms with van der Waals surface area (Å²) in [6.45, 7) is 4.80. The second-order valence-electron chi connectivity index (χ2n) is 8.71. The van der Waals surface area contributed by atoms with E-state index in [9.17, 15) is 18.0 Å². The average Bonchev–Trinajstić information content (AvgIpc) is 3.39. The zero-order valence-electron chi connectivity index (χ0n) is 18.7. The van der Waals surface area contributed by atoms with Gasteiger partial charge in [0.15, 0.2) is 0 Å². The number of benzene rings is 1. The van der Waals surface area contributed by atoms with Crippen LogP contribution >= 0.6 is 11.3 Å². The topological polar surface area (TPSA) is 92.6 Å². The highest BCUT2D eigenvalue weighted by molar-refractivity contribution is 7.89. The summed E-state index contributed by atoms with van der Waals surface area (Å²) in [5.41, 5.74) is 3.05. The molecule has 0 saturated carbocycles. The average molecular weight is 487 g/mol. The molecule has 0 atom stereocenters. The van der Waals surface area contributed by atoms with Gasteiger partial charge >= 0.3 is 0 Å². The summed E-state index contributed by atoms with van der Waals surface area (Å²) in [7, 11) is -3.59. The molecule has 10 heteroatoms. The lowest BCUT2D eigenvalue weighted by atomic mass is 10.1. The Labute approximate surface area is 196 Å². The molecule has 5 rings (SSSR count). The molecule has 3 aromatic rings. The standard InChI is InChI=1S/C23H26N4O4S2/c1-15-16(2)32-22-21(15)23(29)26(14-24-22)13-20(28)25-8-10-27(11-9-25)33(30,31)19-7-6-17-4-3-5-18(17)12-19/h6-7,12,14H,3-5,8-11,13H2,1-2H3. The fraction of sp³-hybridized carbons (Fsp3) is 0.435. The molecule has 8 nitrogen and oxygen atoms in total. The molecule has 1 aliphatic carbocycles. The van der Waals surface area contributed by atoms with Crippen molar-refractivity contribution in [3.05, 3.63) is 56.4 Å². The molecular weight excluding hydrogens is 460 g/mol. The Bertz CT molecular complexity index is 1420. The highest BCUT2D eigenvalue weighted by Gasteiger charge is 2.31. The number of hydrogen-bond acceptors (Lipinski definition) is 6. The predicted octanol–water partition coefficient (Wildman–Crippen LogP) is 2.10. The van der Waals surface area contributed by atoms with Crippen LogP contribution in [0.1, 0.15) is 28.0 Å². The van der Waals surface area contributed by atoms with E-state index in [1.165, 1.54) is 32.1 Å². The van der Waals surface area contributed by atoms with E-state index in [-0.39, 0.29) is 31.1 Å². The van der Waals surface area contributed by atoms with Gasteiger partial charge in [-0.3, -0.25) is 14.2 Å². The molecule has 0 unspecified atom stereocenters. The molecule has 0 spiro atoms. The number of aromatic nitrogens is 2. The molecule has 3 heterocycles. The summed E-state index contributed by atoms with van der Waals surface area (Å²) in [4.78, 5) is 33.8. The number of piperazine rings is 1. The Morgan fingerprint density at radius 3 is 2.58 bits per heavy atom. The number of aryl methyl sites for hydroxylation is 4. The van der Waals surface area contributed by atoms with Gasteiger partial charge in [0.25, 0.3) is 5.56 Å². The molecule has 0 bridgehead atoms. The van der Waals surface area contributed by atoms with Crippen molar-refractivity contribution in [3.63, 3.8) is 0 Å². The van der Waals surface area contributed by atoms with Crippen LogP contribution in [0.3, 0.4) is 0 Å². The lowest BCUT2D eigenvalue weighted by Crippen LogP contribution is -2.51. The molecule has 1 fully saturated rings. The predicted molar refractivity (Wildman–Crippen MR) is 127 cm³/mol. The number of rotatable bonds is 4. The molecule has 2 aromatic heterocycles. The smallest absolute Gasteiger partial charge is 0.262 e. The van der Waals surface area contributed by atoms with E-state index in [1.54, 1.807) is 17.0 Å². The second kappa shape index (κ2) is 8.34. The first-order valence-corrected chi connectivity index (χ1v) is 13.4. The normalized spacial score (nSPS) is 17.0. The lowest BCUT2D eigenvalue weighted by molar-refractivity contribution is -0.133. The summed E-state index contributed by atoms with van der Waals surface area (Å²) in [5.74, 6) is -0.211. The number of amides is 1. The summed E-state index contributed by atoms with van der Waals surface area (Å²) < 4.78 is 29.0. The van der Waals surface area contributed by atoms with Gasteiger partial charge in [-0.1, -0.05) is 6.07 Å². The number of hydrogen-bond donors (Lipinski definition) is 0. The maximum absolute atomic E-state index is 13.1. The van der Waals surface area contributed by atoms with Crippen LogP contribution in [0.25, 0.3) is 10.2 Å². The monoisotopic (exact) mass is 486 g/mol. The third kappa shape index (κ3) is 3.89. The molecule has 174 valence electrons. The molecule has 2 aliphatic rings. The first-order chi connectivity index (χ1) is 15.8. The highest BCUT2D eigenvalue weighted by Crippen LogP contribution is 2.27. The summed E-state index contributed by atoms with van der Waals surface area (Å²) in [6, 6.07) is 5.42. The van der Waals surface area contributed by atoms with Gasteiger partial charge in [-0.25, -0.2) is 13.4 Å². The second-order valence-corrected chi connectivity index (χ2v) is 11.9. The van der Waals surface area contributed by atoms with Crippen molar-refractivity contribution in [3.8, 4) is 0 Å². The maximum atomic E-state index is 13.1. The Balaban J connectivity index is 1.27. The number of carbonyl (C=O) groups is 1. The van der Waals surface area contributed by atoms with Crippen LogP contribution in [0.4, 0.5) is 0 Å². The summed E-state index contributed by atoms with van der Waals surface area (Å²) in [6.07, 6.45) is 4.42. The van der Waals surface area contributed by atoms with Crippen LogP contribution < -0.4 is 5.56 Å². The van der Waals surface area contributed by atoms with E-state index in [2.05, 4.69) is 4.98 Å². The van der Waals surface area contributed by atoms with Crippen LogP contribution in [0, 0.1) is 13.8 Å². The van der Waals surface area contributed by atoms with Crippen LogP contribution in [0.15, 0.2) is 34.2 Å². The zero-order chi connectivity index (χ0) is 23.3. The quantitative estimate of drug-likeness (QED) is 0.563. The number of fused-ring (bicyclic) bond motifs is 2. The first-order valence-electron chi connectivity index (χ1n) is 11.1. The minimum atomic E-state index is -3.59. The Morgan fingerprint density at radius 2 is 1.82 bits per heavy atom. The van der Waals surface area contributed by atoms with Crippen molar-refractivity contribution < 1.29 is 13.2 Å². The van der Waals surface area contributed by atoms with Gasteiger partial charge in [0, 0.05) is 31.1 Å². The zero-order valence-corrected chi connectivity index (χ0v) is 20.3. The Kier molecular flexibility index (Phi) is 5.62. The summed E-state index contributed by atoms with van der Waals surface area (Å²) in [5, 5.41) is 0.568. The molecule has 1 amide bonds. The van der Waals surface area contributed by atoms with Crippen LogP contribution in [0.5, 0.6) is 0 Å². The van der Waals surface area contributed by atoms with Crippen molar-refractivity contribution in [1.82, 2.24) is 18.8 Å². The van der Waals surface area contributed by atoms with E-state index in [1.807, 2.05) is 19.9 Å². The van der Waals surface area contributed by atoms with Crippen molar-refractivity contribution in [1.29, 1.82) is 0 Å². The van der Waals surface area contributed by atoms with E-state index in [4.69, 9.17) is 0 Å². The number of thiophene rings is 1. The van der Waals surface area contributed by atoms with E-state index < -0.39 is 10.0 Å². The van der Waals surface area contributed by atoms with Crippen LogP contribution in [-0.4, -0.2) is 59.3 Å². The van der Waals surface area contributed by atoms with Gasteiger partial charge in [-0.05, 0) is 61.9 Å². The molecule has 1 aromatic carbocycles. The van der Waals surface area contributed by atoms with Crippen molar-refractivity contribution in [2.75, 3.05) is 26.2 Å². The van der Waals surface area contributed by atoms with E-state index in [0.29, 0.717) is 28.2 Å². The molecule has 33 heavy (non-hydrogen) atoms. The van der Waals surface area contributed by atoms with Gasteiger partial charge in [0.05, 0.1) is 16.6 Å². The molecule has 0 radical (unpaired) electrons. The van der Waals surface area contributed by atoms with Crippen molar-refractivity contribution >= 4 is 37.5 Å². The minimum Gasteiger partial charge on any atom is -0.338 e. The largest absolute Gasteiger partial charge is 0.338 e. The Morgan fingerprint density at radius 1 is 1.09 bits per heavy atom. The van der Waals surface area contributed by atoms with Gasteiger partial charge in [0.1, 0.15) is 11.4 Å².